The Morgan fingerprint density at radius 2 is 1.85 bits per heavy atom. The number of rotatable bonds is 4. The Bertz CT molecular complexity index is 330. The van der Waals surface area contributed by atoms with Gasteiger partial charge in [0, 0.05) is 31.8 Å². The first-order valence-corrected chi connectivity index (χ1v) is 11.2. The van der Waals surface area contributed by atoms with Crippen LogP contribution in [0, 0.1) is 5.92 Å². The zero-order chi connectivity index (χ0) is 15.0. The van der Waals surface area contributed by atoms with Gasteiger partial charge in [-0.05, 0) is 49.7 Å². The van der Waals surface area contributed by atoms with Crippen molar-refractivity contribution in [3.05, 3.63) is 0 Å². The maximum absolute atomic E-state index is 6.54. The lowest BCUT2D eigenvalue weighted by Crippen LogP contribution is -2.49. The minimum Gasteiger partial charge on any atom is -0.416 e. The molecule has 0 atom stereocenters. The van der Waals surface area contributed by atoms with E-state index >= 15 is 0 Å². The average molecular weight is 299 g/mol. The predicted octanol–water partition coefficient (Wildman–Crippen LogP) is 3.21. The van der Waals surface area contributed by atoms with Gasteiger partial charge in [-0.2, -0.15) is 0 Å². The molecule has 3 aliphatic rings. The Hall–Kier alpha value is 0.0969. The summed E-state index contributed by atoms with van der Waals surface area (Å²) in [6.07, 6.45) is 5.10. The van der Waals surface area contributed by atoms with Crippen molar-refractivity contribution in [1.29, 1.82) is 0 Å². The zero-order valence-electron chi connectivity index (χ0n) is 14.2. The first-order valence-electron chi connectivity index (χ1n) is 8.27. The van der Waals surface area contributed by atoms with Crippen molar-refractivity contribution in [1.82, 2.24) is 4.90 Å². The maximum Gasteiger partial charge on any atom is 0.192 e. The highest BCUT2D eigenvalue weighted by atomic mass is 28.4. The highest BCUT2D eigenvalue weighted by Gasteiger charge is 2.39. The Labute approximate surface area is 126 Å². The van der Waals surface area contributed by atoms with E-state index in [0.717, 1.165) is 25.6 Å². The lowest BCUT2D eigenvalue weighted by atomic mass is 9.79. The molecule has 0 radical (unpaired) electrons. The standard InChI is InChI=1S/C16H34N2OSi/c1-15(2,3)20(4,5)19-11-10-18-12-14-6-8-16(17,13-18)9-7-14/h14H,6-13,17H2,1-5H3. The van der Waals surface area contributed by atoms with E-state index in [2.05, 4.69) is 38.8 Å². The van der Waals surface area contributed by atoms with Crippen molar-refractivity contribution in [2.45, 2.75) is 70.1 Å². The van der Waals surface area contributed by atoms with E-state index in [4.69, 9.17) is 10.2 Å². The van der Waals surface area contributed by atoms with Gasteiger partial charge in [-0.25, -0.2) is 0 Å². The van der Waals surface area contributed by atoms with Crippen LogP contribution < -0.4 is 5.73 Å². The summed E-state index contributed by atoms with van der Waals surface area (Å²) in [5.74, 6) is 0.877. The molecular weight excluding hydrogens is 264 g/mol. The van der Waals surface area contributed by atoms with Gasteiger partial charge in [0.2, 0.25) is 0 Å². The summed E-state index contributed by atoms with van der Waals surface area (Å²) in [6, 6.07) is 0. The van der Waals surface area contributed by atoms with Crippen LogP contribution in [0.25, 0.3) is 0 Å². The Balaban J connectivity index is 1.83. The second-order valence-corrected chi connectivity index (χ2v) is 13.5. The van der Waals surface area contributed by atoms with Crippen LogP contribution in [0.3, 0.4) is 0 Å². The largest absolute Gasteiger partial charge is 0.416 e. The van der Waals surface area contributed by atoms with Gasteiger partial charge in [0.05, 0.1) is 0 Å². The zero-order valence-corrected chi connectivity index (χ0v) is 15.2. The van der Waals surface area contributed by atoms with Gasteiger partial charge in [-0.15, -0.1) is 0 Å². The molecule has 2 heterocycles. The summed E-state index contributed by atoms with van der Waals surface area (Å²) in [7, 11) is -1.60. The summed E-state index contributed by atoms with van der Waals surface area (Å²) in [5, 5.41) is 0.305. The quantitative estimate of drug-likeness (QED) is 0.810. The fraction of sp³-hybridized carbons (Fsp3) is 1.00. The van der Waals surface area contributed by atoms with Crippen molar-refractivity contribution < 1.29 is 4.43 Å². The van der Waals surface area contributed by atoms with E-state index in [0.29, 0.717) is 5.04 Å². The van der Waals surface area contributed by atoms with Crippen LogP contribution in [0.5, 0.6) is 0 Å². The predicted molar refractivity (Wildman–Crippen MR) is 88.5 cm³/mol. The summed E-state index contributed by atoms with van der Waals surface area (Å²) < 4.78 is 6.32. The Morgan fingerprint density at radius 1 is 1.25 bits per heavy atom. The monoisotopic (exact) mass is 298 g/mol. The van der Waals surface area contributed by atoms with E-state index < -0.39 is 8.32 Å². The molecular formula is C16H34N2OSi. The van der Waals surface area contributed by atoms with E-state index in [1.165, 1.54) is 32.2 Å². The Morgan fingerprint density at radius 3 is 2.40 bits per heavy atom. The fourth-order valence-electron chi connectivity index (χ4n) is 3.28. The number of hydrogen-bond donors (Lipinski definition) is 1. The number of hydrogen-bond acceptors (Lipinski definition) is 3. The van der Waals surface area contributed by atoms with Gasteiger partial charge < -0.3 is 10.2 Å². The third kappa shape index (κ3) is 3.84. The highest BCUT2D eigenvalue weighted by molar-refractivity contribution is 6.74. The molecule has 2 aliphatic heterocycles. The molecule has 2 saturated heterocycles. The van der Waals surface area contributed by atoms with Crippen molar-refractivity contribution in [2.75, 3.05) is 26.2 Å². The molecule has 1 saturated carbocycles. The molecule has 0 aromatic carbocycles. The van der Waals surface area contributed by atoms with Gasteiger partial charge in [-0.1, -0.05) is 20.8 Å². The van der Waals surface area contributed by atoms with Crippen LogP contribution in [-0.4, -0.2) is 45.0 Å². The van der Waals surface area contributed by atoms with Crippen LogP contribution in [0.2, 0.25) is 18.1 Å². The topological polar surface area (TPSA) is 38.5 Å². The average Bonchev–Trinajstić information content (AvgIpc) is 2.55. The lowest BCUT2D eigenvalue weighted by molar-refractivity contribution is 0.180. The van der Waals surface area contributed by atoms with Crippen LogP contribution in [0.1, 0.15) is 46.5 Å². The molecule has 3 fully saturated rings. The second kappa shape index (κ2) is 5.71. The first-order chi connectivity index (χ1) is 9.11. The number of nitrogens with two attached hydrogens (primary N) is 1. The van der Waals surface area contributed by atoms with Crippen molar-refractivity contribution in [2.24, 2.45) is 11.7 Å². The molecule has 3 rings (SSSR count). The van der Waals surface area contributed by atoms with E-state index in [-0.39, 0.29) is 5.54 Å². The second-order valence-electron chi connectivity index (χ2n) is 8.65. The van der Waals surface area contributed by atoms with E-state index in [1.54, 1.807) is 0 Å². The SMILES string of the molecule is CC(C)(C)[Si](C)(C)OCCN1CC2CCC(N)(CC2)C1. The maximum atomic E-state index is 6.54. The van der Waals surface area contributed by atoms with Crippen molar-refractivity contribution >= 4 is 8.32 Å². The van der Waals surface area contributed by atoms with Crippen molar-refractivity contribution in [3.8, 4) is 0 Å². The molecule has 1 aliphatic carbocycles. The minimum absolute atomic E-state index is 0.0873. The molecule has 4 heteroatoms. The lowest BCUT2D eigenvalue weighted by Gasteiger charge is -2.37. The van der Waals surface area contributed by atoms with Crippen LogP contribution in [0.4, 0.5) is 0 Å². The molecule has 118 valence electrons. The molecule has 0 aromatic rings. The first kappa shape index (κ1) is 16.5. The van der Waals surface area contributed by atoms with E-state index in [1.807, 2.05) is 0 Å². The van der Waals surface area contributed by atoms with Gasteiger partial charge in [0.25, 0.3) is 0 Å². The van der Waals surface area contributed by atoms with Crippen LogP contribution in [0.15, 0.2) is 0 Å². The fourth-order valence-corrected chi connectivity index (χ4v) is 4.32. The summed E-state index contributed by atoms with van der Waals surface area (Å²) in [6.45, 7) is 15.8. The van der Waals surface area contributed by atoms with E-state index in [9.17, 15) is 0 Å². The smallest absolute Gasteiger partial charge is 0.192 e. The molecule has 0 unspecified atom stereocenters. The van der Waals surface area contributed by atoms with Crippen LogP contribution >= 0.6 is 0 Å². The van der Waals surface area contributed by atoms with Crippen molar-refractivity contribution in [3.63, 3.8) is 0 Å². The Kier molecular flexibility index (Phi) is 4.70. The van der Waals surface area contributed by atoms with Gasteiger partial charge in [-0.3, -0.25) is 4.90 Å². The molecule has 20 heavy (non-hydrogen) atoms. The van der Waals surface area contributed by atoms with Gasteiger partial charge in [0.1, 0.15) is 0 Å². The minimum atomic E-state index is -1.60. The van der Waals surface area contributed by atoms with Crippen LogP contribution in [-0.2, 0) is 4.43 Å². The number of fused-ring (bicyclic) bond motifs is 4. The normalized spacial score (nSPS) is 32.4. The number of nitrogens with zero attached hydrogens (tertiary/aromatic N) is 1. The molecule has 3 nitrogen and oxygen atoms in total. The molecule has 0 amide bonds. The molecule has 0 spiro atoms. The summed E-state index contributed by atoms with van der Waals surface area (Å²) in [4.78, 5) is 2.57. The highest BCUT2D eigenvalue weighted by Crippen LogP contribution is 2.37. The molecule has 0 aromatic heterocycles. The molecule has 2 N–H and O–H groups in total. The molecule has 2 bridgehead atoms. The third-order valence-corrected chi connectivity index (χ3v) is 10.4. The summed E-state index contributed by atoms with van der Waals surface area (Å²) in [5.41, 5.74) is 6.63. The summed E-state index contributed by atoms with van der Waals surface area (Å²) >= 11 is 0. The third-order valence-electron chi connectivity index (χ3n) is 5.83. The van der Waals surface area contributed by atoms with Gasteiger partial charge >= 0.3 is 0 Å². The van der Waals surface area contributed by atoms with Gasteiger partial charge in [0.15, 0.2) is 8.32 Å².